The number of carbonyl (C=O) groups excluding carboxylic acids is 2. The zero-order chi connectivity index (χ0) is 45.2. The van der Waals surface area contributed by atoms with E-state index in [0.29, 0.717) is 46.5 Å². The zero-order valence-electron chi connectivity index (χ0n) is 38.7. The van der Waals surface area contributed by atoms with Crippen molar-refractivity contribution in [3.8, 4) is 34.4 Å². The van der Waals surface area contributed by atoms with Gasteiger partial charge in [-0.2, -0.15) is 0 Å². The minimum atomic E-state index is -0.572. The highest BCUT2D eigenvalue weighted by Gasteiger charge is 2.15. The molecule has 5 rings (SSSR count). The van der Waals surface area contributed by atoms with Gasteiger partial charge in [-0.1, -0.05) is 168 Å². The first-order valence-electron chi connectivity index (χ1n) is 24.8. The quantitative estimate of drug-likeness (QED) is 0.0233. The van der Waals surface area contributed by atoms with Gasteiger partial charge >= 0.3 is 23.2 Å². The summed E-state index contributed by atoms with van der Waals surface area (Å²) < 4.78 is 22.3. The maximum absolute atomic E-state index is 12.9. The molecule has 346 valence electrons. The molecule has 0 spiro atoms. The standard InChI is InChI=1S/C54H72N2O8/c1-3-5-7-9-11-13-15-17-19-21-23-25-27-29-49(57)61-43-35-37-45-47(39-43)55-51(63-53(45)59)41-31-33-42(34-32-41)52-56-48-40-44(36-38-46(48)54(60)64-52)62-50(58)30-28-26-24-22-20-18-16-14-12-10-8-6-4-2/h31-40H,3-30H2,1-2H3. The second-order valence-electron chi connectivity index (χ2n) is 17.5. The number of fused-ring (bicyclic) bond motifs is 2. The van der Waals surface area contributed by atoms with Crippen LogP contribution >= 0.6 is 0 Å². The Morgan fingerprint density at radius 3 is 1.03 bits per heavy atom. The van der Waals surface area contributed by atoms with Crippen molar-refractivity contribution in [2.45, 2.75) is 194 Å². The Balaban J connectivity index is 1.06. The van der Waals surface area contributed by atoms with E-state index < -0.39 is 11.3 Å². The molecular formula is C54H72N2O8. The second kappa shape index (κ2) is 28.6. The maximum Gasteiger partial charge on any atom is 0.347 e. The van der Waals surface area contributed by atoms with E-state index in [1.165, 1.54) is 128 Å². The second-order valence-corrected chi connectivity index (χ2v) is 17.5. The van der Waals surface area contributed by atoms with Crippen LogP contribution in [0.1, 0.15) is 194 Å². The SMILES string of the molecule is CCCCCCCCCCCCCCCC(=O)Oc1ccc2c(=O)oc(-c3ccc(-c4nc5cc(OC(=O)CCCCCCCCCCCCCCC)ccc5c(=O)o4)cc3)nc2c1. The van der Waals surface area contributed by atoms with Crippen molar-refractivity contribution in [3.05, 3.63) is 81.5 Å². The Bertz CT molecular complexity index is 2120. The fourth-order valence-corrected chi connectivity index (χ4v) is 8.17. The van der Waals surface area contributed by atoms with Crippen LogP contribution < -0.4 is 20.7 Å². The number of hydrogen-bond acceptors (Lipinski definition) is 10. The molecule has 0 N–H and O–H groups in total. The first-order chi connectivity index (χ1) is 31.3. The molecule has 10 heteroatoms. The van der Waals surface area contributed by atoms with E-state index in [4.69, 9.17) is 18.3 Å². The number of unbranched alkanes of at least 4 members (excludes halogenated alkanes) is 24. The molecule has 2 heterocycles. The van der Waals surface area contributed by atoms with E-state index in [1.807, 2.05) is 0 Å². The number of rotatable bonds is 32. The van der Waals surface area contributed by atoms with Gasteiger partial charge in [0.05, 0.1) is 21.8 Å². The third-order valence-corrected chi connectivity index (χ3v) is 12.0. The lowest BCUT2D eigenvalue weighted by Crippen LogP contribution is -2.08. The molecule has 10 nitrogen and oxygen atoms in total. The molecule has 2 aromatic heterocycles. The van der Waals surface area contributed by atoms with Gasteiger partial charge in [-0.3, -0.25) is 9.59 Å². The van der Waals surface area contributed by atoms with E-state index >= 15 is 0 Å². The third kappa shape index (κ3) is 17.5. The molecular weight excluding hydrogens is 805 g/mol. The van der Waals surface area contributed by atoms with Gasteiger partial charge in [0.15, 0.2) is 0 Å². The highest BCUT2D eigenvalue weighted by Crippen LogP contribution is 2.27. The largest absolute Gasteiger partial charge is 0.426 e. The zero-order valence-corrected chi connectivity index (χ0v) is 38.7. The molecule has 0 fully saturated rings. The predicted octanol–water partition coefficient (Wildman–Crippen LogP) is 14.8. The van der Waals surface area contributed by atoms with Gasteiger partial charge in [-0.25, -0.2) is 19.6 Å². The first kappa shape index (κ1) is 49.9. The summed E-state index contributed by atoms with van der Waals surface area (Å²) in [5, 5.41) is 0.534. The Labute approximate surface area is 380 Å². The lowest BCUT2D eigenvalue weighted by atomic mass is 10.0. The highest BCUT2D eigenvalue weighted by atomic mass is 16.5. The average molecular weight is 877 g/mol. The molecule has 0 saturated carbocycles. The van der Waals surface area contributed by atoms with Crippen molar-refractivity contribution in [1.29, 1.82) is 0 Å². The number of esters is 2. The molecule has 0 aliphatic heterocycles. The number of nitrogens with zero attached hydrogens (tertiary/aromatic N) is 2. The maximum atomic E-state index is 12.9. The van der Waals surface area contributed by atoms with Crippen LogP contribution in [0.3, 0.4) is 0 Å². The van der Waals surface area contributed by atoms with Crippen LogP contribution in [0.25, 0.3) is 44.7 Å². The Kier molecular flexibility index (Phi) is 22.3. The van der Waals surface area contributed by atoms with Crippen LogP contribution in [-0.2, 0) is 9.59 Å². The molecule has 0 bridgehead atoms. The van der Waals surface area contributed by atoms with Crippen molar-refractivity contribution in [2.24, 2.45) is 0 Å². The monoisotopic (exact) mass is 877 g/mol. The van der Waals surface area contributed by atoms with E-state index in [-0.39, 0.29) is 34.5 Å². The van der Waals surface area contributed by atoms with Crippen molar-refractivity contribution < 1.29 is 27.9 Å². The van der Waals surface area contributed by atoms with Crippen LogP contribution in [0.15, 0.2) is 79.1 Å². The summed E-state index contributed by atoms with van der Waals surface area (Å²) >= 11 is 0. The Morgan fingerprint density at radius 2 is 0.719 bits per heavy atom. The summed E-state index contributed by atoms with van der Waals surface area (Å²) in [6.45, 7) is 4.50. The smallest absolute Gasteiger partial charge is 0.347 e. The van der Waals surface area contributed by atoms with Crippen LogP contribution in [0.2, 0.25) is 0 Å². The molecule has 0 unspecified atom stereocenters. The minimum absolute atomic E-state index is 0.0812. The van der Waals surface area contributed by atoms with Gasteiger partial charge in [-0.15, -0.1) is 0 Å². The number of carbonyl (C=O) groups is 2. The van der Waals surface area contributed by atoms with Gasteiger partial charge < -0.3 is 18.3 Å². The van der Waals surface area contributed by atoms with Gasteiger partial charge in [0.1, 0.15) is 11.5 Å². The lowest BCUT2D eigenvalue weighted by Gasteiger charge is -2.07. The first-order valence-corrected chi connectivity index (χ1v) is 24.8. The molecule has 0 amide bonds. The van der Waals surface area contributed by atoms with E-state index in [0.717, 1.165) is 38.5 Å². The van der Waals surface area contributed by atoms with Crippen molar-refractivity contribution in [1.82, 2.24) is 9.97 Å². The summed E-state index contributed by atoms with van der Waals surface area (Å²) in [6, 6.07) is 16.2. The van der Waals surface area contributed by atoms with Gasteiger partial charge in [0, 0.05) is 36.1 Å². The predicted molar refractivity (Wildman–Crippen MR) is 257 cm³/mol. The molecule has 3 aromatic carbocycles. The van der Waals surface area contributed by atoms with E-state index in [2.05, 4.69) is 23.8 Å². The fraction of sp³-hybridized carbons (Fsp3) is 0.556. The van der Waals surface area contributed by atoms with Crippen LogP contribution in [0.5, 0.6) is 11.5 Å². The van der Waals surface area contributed by atoms with Gasteiger partial charge in [0.25, 0.3) is 0 Å². The molecule has 0 saturated heterocycles. The molecule has 64 heavy (non-hydrogen) atoms. The molecule has 0 atom stereocenters. The molecule has 0 aliphatic rings. The van der Waals surface area contributed by atoms with Crippen LogP contribution in [0, 0.1) is 0 Å². The number of hydrogen-bond donors (Lipinski definition) is 0. The Morgan fingerprint density at radius 1 is 0.422 bits per heavy atom. The van der Waals surface area contributed by atoms with Crippen LogP contribution in [0.4, 0.5) is 0 Å². The number of aromatic nitrogens is 2. The fourth-order valence-electron chi connectivity index (χ4n) is 8.17. The summed E-state index contributed by atoms with van der Waals surface area (Å²) in [5.41, 5.74) is 0.546. The number of ether oxygens (including phenoxy) is 2. The third-order valence-electron chi connectivity index (χ3n) is 12.0. The molecule has 5 aromatic rings. The van der Waals surface area contributed by atoms with Crippen LogP contribution in [-0.4, -0.2) is 21.9 Å². The Hall–Kier alpha value is -5.12. The number of benzene rings is 3. The van der Waals surface area contributed by atoms with E-state index in [1.54, 1.807) is 60.7 Å². The summed E-state index contributed by atoms with van der Waals surface area (Å²) in [4.78, 5) is 60.3. The minimum Gasteiger partial charge on any atom is -0.426 e. The summed E-state index contributed by atoms with van der Waals surface area (Å²) in [6.07, 6.45) is 32.8. The normalized spacial score (nSPS) is 11.4. The van der Waals surface area contributed by atoms with Gasteiger partial charge in [0.2, 0.25) is 11.8 Å². The average Bonchev–Trinajstić information content (AvgIpc) is 3.29. The van der Waals surface area contributed by atoms with Crippen molar-refractivity contribution in [3.63, 3.8) is 0 Å². The lowest BCUT2D eigenvalue weighted by molar-refractivity contribution is -0.135. The van der Waals surface area contributed by atoms with Gasteiger partial charge in [-0.05, 0) is 61.4 Å². The van der Waals surface area contributed by atoms with Crippen molar-refractivity contribution in [2.75, 3.05) is 0 Å². The van der Waals surface area contributed by atoms with Crippen molar-refractivity contribution >= 4 is 33.7 Å². The van der Waals surface area contributed by atoms with E-state index in [9.17, 15) is 19.2 Å². The summed E-state index contributed by atoms with van der Waals surface area (Å²) in [7, 11) is 0. The molecule has 0 aliphatic carbocycles. The topological polar surface area (TPSA) is 139 Å². The molecule has 0 radical (unpaired) electrons. The highest BCUT2D eigenvalue weighted by molar-refractivity contribution is 5.83. The summed E-state index contributed by atoms with van der Waals surface area (Å²) in [5.74, 6) is 0.170.